The average Bonchev–Trinajstić information content (AvgIpc) is 2.95. The maximum Gasteiger partial charge on any atom is 0.230 e. The number of benzene rings is 1. The van der Waals surface area contributed by atoms with Crippen molar-refractivity contribution in [3.05, 3.63) is 29.8 Å². The largest absolute Gasteiger partial charge is 0.493 e. The van der Waals surface area contributed by atoms with E-state index in [1.165, 1.54) is 0 Å². The fourth-order valence-electron chi connectivity index (χ4n) is 3.04. The van der Waals surface area contributed by atoms with Crippen molar-refractivity contribution in [1.29, 1.82) is 0 Å². The number of carbonyl (C=O) groups is 1. The molecule has 0 aliphatic carbocycles. The first kappa shape index (κ1) is 12.5. The molecule has 2 N–H and O–H groups in total. The van der Waals surface area contributed by atoms with Gasteiger partial charge in [-0.2, -0.15) is 0 Å². The molecule has 0 aromatic heterocycles. The Morgan fingerprint density at radius 3 is 3.00 bits per heavy atom. The highest BCUT2D eigenvalue weighted by Crippen LogP contribution is 2.35. The van der Waals surface area contributed by atoms with Crippen molar-refractivity contribution in [3.63, 3.8) is 0 Å². The topological polar surface area (TPSA) is 55.6 Å². The first-order valence-electron chi connectivity index (χ1n) is 7.00. The van der Waals surface area contributed by atoms with E-state index in [1.54, 1.807) is 0 Å². The summed E-state index contributed by atoms with van der Waals surface area (Å²) in [4.78, 5) is 14.6. The minimum absolute atomic E-state index is 0.0403. The third-order valence-corrected chi connectivity index (χ3v) is 4.19. The molecular formula is C15H20N2O2. The SMILES string of the molecule is NC[C@H]1CCN(C(=O)[C@@H]2CCOc3ccccc32)C1. The number of amides is 1. The van der Waals surface area contributed by atoms with Crippen molar-refractivity contribution in [3.8, 4) is 5.75 Å². The predicted molar refractivity (Wildman–Crippen MR) is 73.0 cm³/mol. The second-order valence-corrected chi connectivity index (χ2v) is 5.40. The number of fused-ring (bicyclic) bond motifs is 1. The Morgan fingerprint density at radius 2 is 2.21 bits per heavy atom. The summed E-state index contributed by atoms with van der Waals surface area (Å²) in [7, 11) is 0. The van der Waals surface area contributed by atoms with Crippen molar-refractivity contribution >= 4 is 5.91 Å². The fourth-order valence-corrected chi connectivity index (χ4v) is 3.04. The number of para-hydroxylation sites is 1. The maximum absolute atomic E-state index is 12.7. The fraction of sp³-hybridized carbons (Fsp3) is 0.533. The van der Waals surface area contributed by atoms with Gasteiger partial charge in [-0.25, -0.2) is 0 Å². The summed E-state index contributed by atoms with van der Waals surface area (Å²) in [5, 5.41) is 0. The lowest BCUT2D eigenvalue weighted by Crippen LogP contribution is -2.36. The second-order valence-electron chi connectivity index (χ2n) is 5.40. The van der Waals surface area contributed by atoms with E-state index in [0.29, 0.717) is 19.1 Å². The molecule has 0 radical (unpaired) electrons. The van der Waals surface area contributed by atoms with Crippen LogP contribution in [0, 0.1) is 5.92 Å². The van der Waals surface area contributed by atoms with E-state index in [9.17, 15) is 4.79 Å². The highest BCUT2D eigenvalue weighted by atomic mass is 16.5. The number of nitrogens with zero attached hydrogens (tertiary/aromatic N) is 1. The zero-order valence-electron chi connectivity index (χ0n) is 11.0. The lowest BCUT2D eigenvalue weighted by Gasteiger charge is -2.28. The number of carbonyl (C=O) groups excluding carboxylic acids is 1. The first-order chi connectivity index (χ1) is 9.29. The van der Waals surface area contributed by atoms with Gasteiger partial charge in [-0.05, 0) is 31.4 Å². The Kier molecular flexibility index (Phi) is 3.42. The monoisotopic (exact) mass is 260 g/mol. The van der Waals surface area contributed by atoms with Crippen LogP contribution < -0.4 is 10.5 Å². The van der Waals surface area contributed by atoms with Crippen molar-refractivity contribution < 1.29 is 9.53 Å². The summed E-state index contributed by atoms with van der Waals surface area (Å²) in [6.45, 7) is 2.96. The Labute approximate surface area is 113 Å². The molecule has 102 valence electrons. The molecule has 2 aliphatic heterocycles. The molecule has 2 heterocycles. The zero-order chi connectivity index (χ0) is 13.2. The van der Waals surface area contributed by atoms with Crippen LogP contribution in [0.4, 0.5) is 0 Å². The third kappa shape index (κ3) is 2.32. The number of hydrogen-bond donors (Lipinski definition) is 1. The van der Waals surface area contributed by atoms with E-state index in [0.717, 1.165) is 37.2 Å². The third-order valence-electron chi connectivity index (χ3n) is 4.19. The maximum atomic E-state index is 12.7. The molecule has 1 amide bonds. The molecule has 19 heavy (non-hydrogen) atoms. The molecular weight excluding hydrogens is 240 g/mol. The number of rotatable bonds is 2. The van der Waals surface area contributed by atoms with Gasteiger partial charge < -0.3 is 15.4 Å². The standard InChI is InChI=1S/C15H20N2O2/c16-9-11-5-7-17(10-11)15(18)13-6-8-19-14-4-2-1-3-12(13)14/h1-4,11,13H,5-10,16H2/t11-,13-/m1/s1. The molecule has 1 fully saturated rings. The normalized spacial score (nSPS) is 25.8. The molecule has 0 saturated carbocycles. The van der Waals surface area contributed by atoms with Crippen LogP contribution in [0.2, 0.25) is 0 Å². The van der Waals surface area contributed by atoms with Gasteiger partial charge in [0.15, 0.2) is 0 Å². The lowest BCUT2D eigenvalue weighted by atomic mass is 9.92. The Bertz CT molecular complexity index is 475. The summed E-state index contributed by atoms with van der Waals surface area (Å²) in [5.74, 6) is 1.54. The van der Waals surface area contributed by atoms with Crippen molar-refractivity contribution in [2.45, 2.75) is 18.8 Å². The van der Waals surface area contributed by atoms with Crippen LogP contribution in [-0.2, 0) is 4.79 Å². The summed E-state index contributed by atoms with van der Waals surface area (Å²) < 4.78 is 5.62. The molecule has 3 rings (SSSR count). The van der Waals surface area contributed by atoms with E-state index in [2.05, 4.69) is 0 Å². The van der Waals surface area contributed by atoms with Crippen molar-refractivity contribution in [2.75, 3.05) is 26.2 Å². The Hall–Kier alpha value is -1.55. The van der Waals surface area contributed by atoms with Crippen LogP contribution in [0.5, 0.6) is 5.75 Å². The molecule has 1 aromatic rings. The summed E-state index contributed by atoms with van der Waals surface area (Å²) in [5.41, 5.74) is 6.73. The molecule has 1 saturated heterocycles. The van der Waals surface area contributed by atoms with E-state index in [-0.39, 0.29) is 11.8 Å². The molecule has 0 bridgehead atoms. The van der Waals surface area contributed by atoms with E-state index >= 15 is 0 Å². The highest BCUT2D eigenvalue weighted by molar-refractivity contribution is 5.85. The van der Waals surface area contributed by atoms with E-state index < -0.39 is 0 Å². The molecule has 0 unspecified atom stereocenters. The van der Waals surface area contributed by atoms with Crippen LogP contribution in [0.15, 0.2) is 24.3 Å². The van der Waals surface area contributed by atoms with Gasteiger partial charge in [-0.1, -0.05) is 18.2 Å². The molecule has 0 spiro atoms. The van der Waals surface area contributed by atoms with E-state index in [4.69, 9.17) is 10.5 Å². The number of hydrogen-bond acceptors (Lipinski definition) is 3. The van der Waals surface area contributed by atoms with Crippen LogP contribution >= 0.6 is 0 Å². The van der Waals surface area contributed by atoms with Gasteiger partial charge in [0.05, 0.1) is 12.5 Å². The van der Waals surface area contributed by atoms with Crippen LogP contribution in [0.25, 0.3) is 0 Å². The molecule has 2 atom stereocenters. The minimum Gasteiger partial charge on any atom is -0.493 e. The summed E-state index contributed by atoms with van der Waals surface area (Å²) in [6, 6.07) is 7.88. The number of likely N-dealkylation sites (tertiary alicyclic amines) is 1. The quantitative estimate of drug-likeness (QED) is 0.873. The van der Waals surface area contributed by atoms with E-state index in [1.807, 2.05) is 29.2 Å². The van der Waals surface area contributed by atoms with Gasteiger partial charge in [0, 0.05) is 18.7 Å². The Morgan fingerprint density at radius 1 is 1.37 bits per heavy atom. The van der Waals surface area contributed by atoms with Crippen LogP contribution in [0.1, 0.15) is 24.3 Å². The van der Waals surface area contributed by atoms with Crippen LogP contribution in [0.3, 0.4) is 0 Å². The molecule has 1 aromatic carbocycles. The molecule has 4 nitrogen and oxygen atoms in total. The smallest absolute Gasteiger partial charge is 0.230 e. The van der Waals surface area contributed by atoms with Gasteiger partial charge in [0.25, 0.3) is 0 Å². The average molecular weight is 260 g/mol. The highest BCUT2D eigenvalue weighted by Gasteiger charge is 2.34. The molecule has 4 heteroatoms. The number of nitrogens with two attached hydrogens (primary N) is 1. The summed E-state index contributed by atoms with van der Waals surface area (Å²) in [6.07, 6.45) is 1.81. The van der Waals surface area contributed by atoms with Crippen molar-refractivity contribution in [1.82, 2.24) is 4.90 Å². The van der Waals surface area contributed by atoms with Gasteiger partial charge >= 0.3 is 0 Å². The minimum atomic E-state index is -0.0403. The number of ether oxygens (including phenoxy) is 1. The lowest BCUT2D eigenvalue weighted by molar-refractivity contribution is -0.132. The summed E-state index contributed by atoms with van der Waals surface area (Å²) >= 11 is 0. The van der Waals surface area contributed by atoms with Gasteiger partial charge in [0.1, 0.15) is 5.75 Å². The van der Waals surface area contributed by atoms with Gasteiger partial charge in [0.2, 0.25) is 5.91 Å². The molecule has 2 aliphatic rings. The van der Waals surface area contributed by atoms with Crippen LogP contribution in [-0.4, -0.2) is 37.0 Å². The van der Waals surface area contributed by atoms with Crippen molar-refractivity contribution in [2.24, 2.45) is 11.7 Å². The van der Waals surface area contributed by atoms with Gasteiger partial charge in [-0.15, -0.1) is 0 Å². The predicted octanol–water partition coefficient (Wildman–Crippen LogP) is 1.36. The second kappa shape index (κ2) is 5.21. The first-order valence-corrected chi connectivity index (χ1v) is 7.00. The van der Waals surface area contributed by atoms with Gasteiger partial charge in [-0.3, -0.25) is 4.79 Å². The zero-order valence-corrected chi connectivity index (χ0v) is 11.0. The Balaban J connectivity index is 1.78.